The Morgan fingerprint density at radius 1 is 1.32 bits per heavy atom. The molecule has 0 radical (unpaired) electrons. The Kier molecular flexibility index (Phi) is 3.72. The van der Waals surface area contributed by atoms with E-state index < -0.39 is 10.0 Å². The van der Waals surface area contributed by atoms with Gasteiger partial charge in [-0.3, -0.25) is 4.72 Å². The van der Waals surface area contributed by atoms with Gasteiger partial charge in [0, 0.05) is 10.7 Å². The van der Waals surface area contributed by atoms with E-state index in [9.17, 15) is 8.42 Å². The molecule has 2 rings (SSSR count). The molecule has 0 atom stereocenters. The van der Waals surface area contributed by atoms with E-state index in [1.54, 1.807) is 19.1 Å². The van der Waals surface area contributed by atoms with Crippen LogP contribution in [0.1, 0.15) is 5.69 Å². The lowest BCUT2D eigenvalue weighted by Gasteiger charge is -2.09. The van der Waals surface area contributed by atoms with Crippen molar-refractivity contribution < 1.29 is 8.42 Å². The van der Waals surface area contributed by atoms with E-state index in [4.69, 9.17) is 5.73 Å². The molecule has 0 aromatic carbocycles. The predicted octanol–water partition coefficient (Wildman–Crippen LogP) is 1.93. The van der Waals surface area contributed by atoms with Crippen molar-refractivity contribution >= 4 is 37.6 Å². The summed E-state index contributed by atoms with van der Waals surface area (Å²) >= 11 is 3.30. The lowest BCUT2D eigenvalue weighted by Crippen LogP contribution is -2.16. The van der Waals surface area contributed by atoms with Gasteiger partial charge < -0.3 is 5.73 Å². The summed E-state index contributed by atoms with van der Waals surface area (Å²) in [5, 5.41) is 0. The zero-order valence-electron chi connectivity index (χ0n) is 9.96. The first-order valence-electron chi connectivity index (χ1n) is 5.26. The van der Waals surface area contributed by atoms with Crippen LogP contribution in [-0.4, -0.2) is 18.4 Å². The van der Waals surface area contributed by atoms with Gasteiger partial charge in [-0.25, -0.2) is 18.4 Å². The first-order chi connectivity index (χ1) is 8.90. The summed E-state index contributed by atoms with van der Waals surface area (Å²) in [5.41, 5.74) is 6.24. The van der Waals surface area contributed by atoms with Crippen molar-refractivity contribution in [2.24, 2.45) is 0 Å². The third-order valence-corrected chi connectivity index (χ3v) is 4.59. The minimum absolute atomic E-state index is 0.0520. The number of aromatic nitrogens is 2. The number of nitrogens with one attached hydrogen (secondary N) is 1. The quantitative estimate of drug-likeness (QED) is 0.887. The molecule has 0 aliphatic rings. The molecule has 2 heterocycles. The monoisotopic (exact) mass is 342 g/mol. The SMILES string of the molecule is Cc1nc(NS(=O)(=O)c2cccnc2N)ccc1Br. The van der Waals surface area contributed by atoms with E-state index in [1.165, 1.54) is 18.3 Å². The van der Waals surface area contributed by atoms with Crippen molar-refractivity contribution in [3.8, 4) is 0 Å². The molecule has 19 heavy (non-hydrogen) atoms. The number of nitrogens with zero attached hydrogens (tertiary/aromatic N) is 2. The molecular formula is C11H11BrN4O2S. The molecule has 0 bridgehead atoms. The Hall–Kier alpha value is -1.67. The first kappa shape index (κ1) is 13.8. The van der Waals surface area contributed by atoms with Crippen LogP contribution in [0.15, 0.2) is 39.8 Å². The number of hydrogen-bond acceptors (Lipinski definition) is 5. The number of aryl methyl sites for hydroxylation is 1. The normalized spacial score (nSPS) is 11.3. The second kappa shape index (κ2) is 5.14. The fourth-order valence-electron chi connectivity index (χ4n) is 1.42. The molecule has 0 fully saturated rings. The molecule has 0 unspecified atom stereocenters. The summed E-state index contributed by atoms with van der Waals surface area (Å²) in [6, 6.07) is 6.16. The van der Waals surface area contributed by atoms with Crippen molar-refractivity contribution in [1.82, 2.24) is 9.97 Å². The van der Waals surface area contributed by atoms with E-state index in [-0.39, 0.29) is 16.5 Å². The highest BCUT2D eigenvalue weighted by atomic mass is 79.9. The standard InChI is InChI=1S/C11H11BrN4O2S/c1-7-8(12)4-5-10(15-7)16-19(17,18)9-3-2-6-14-11(9)13/h2-6H,1H3,(H2,13,14)(H,15,16). The molecule has 0 aliphatic carbocycles. The van der Waals surface area contributed by atoms with Crippen LogP contribution >= 0.6 is 15.9 Å². The lowest BCUT2D eigenvalue weighted by atomic mass is 10.4. The zero-order chi connectivity index (χ0) is 14.0. The molecule has 0 saturated carbocycles. The van der Waals surface area contributed by atoms with Gasteiger partial charge in [0.05, 0.1) is 5.69 Å². The van der Waals surface area contributed by atoms with Crippen molar-refractivity contribution in [3.63, 3.8) is 0 Å². The molecular weight excluding hydrogens is 332 g/mol. The number of hydrogen-bond donors (Lipinski definition) is 2. The smallest absolute Gasteiger partial charge is 0.266 e. The summed E-state index contributed by atoms with van der Waals surface area (Å²) < 4.78 is 27.4. The first-order valence-corrected chi connectivity index (χ1v) is 7.54. The van der Waals surface area contributed by atoms with Gasteiger partial charge in [0.25, 0.3) is 10.0 Å². The number of pyridine rings is 2. The van der Waals surface area contributed by atoms with E-state index in [1.807, 2.05) is 0 Å². The molecule has 2 aromatic heterocycles. The second-order valence-corrected chi connectivity index (χ2v) is 6.26. The van der Waals surface area contributed by atoms with E-state index in [0.717, 1.165) is 4.47 Å². The summed E-state index contributed by atoms with van der Waals surface area (Å²) in [6.07, 6.45) is 1.43. The summed E-state index contributed by atoms with van der Waals surface area (Å²) in [4.78, 5) is 7.79. The number of anilines is 2. The van der Waals surface area contributed by atoms with Gasteiger partial charge in [-0.1, -0.05) is 0 Å². The van der Waals surface area contributed by atoms with E-state index in [0.29, 0.717) is 5.69 Å². The number of rotatable bonds is 3. The summed E-state index contributed by atoms with van der Waals surface area (Å²) in [6.45, 7) is 1.76. The summed E-state index contributed by atoms with van der Waals surface area (Å²) in [5.74, 6) is 0.174. The van der Waals surface area contributed by atoms with Crippen molar-refractivity contribution in [1.29, 1.82) is 0 Å². The van der Waals surface area contributed by atoms with Crippen LogP contribution in [0.2, 0.25) is 0 Å². The highest BCUT2D eigenvalue weighted by molar-refractivity contribution is 9.10. The van der Waals surface area contributed by atoms with Gasteiger partial charge in [-0.15, -0.1) is 0 Å². The number of halogens is 1. The summed E-state index contributed by atoms with van der Waals surface area (Å²) in [7, 11) is -3.79. The van der Waals surface area contributed by atoms with Crippen LogP contribution in [-0.2, 0) is 10.0 Å². The number of sulfonamides is 1. The third kappa shape index (κ3) is 3.02. The molecule has 3 N–H and O–H groups in total. The molecule has 2 aromatic rings. The van der Waals surface area contributed by atoms with Crippen molar-refractivity contribution in [2.45, 2.75) is 11.8 Å². The largest absolute Gasteiger partial charge is 0.383 e. The van der Waals surface area contributed by atoms with Gasteiger partial charge in [0.15, 0.2) is 0 Å². The third-order valence-electron chi connectivity index (χ3n) is 2.35. The minimum atomic E-state index is -3.79. The molecule has 100 valence electrons. The van der Waals surface area contributed by atoms with E-state index >= 15 is 0 Å². The second-order valence-electron chi connectivity index (χ2n) is 3.76. The maximum absolute atomic E-state index is 12.1. The van der Waals surface area contributed by atoms with Crippen LogP contribution in [0, 0.1) is 6.92 Å². The molecule has 0 aliphatic heterocycles. The predicted molar refractivity (Wildman–Crippen MR) is 76.1 cm³/mol. The fraction of sp³-hybridized carbons (Fsp3) is 0.0909. The van der Waals surface area contributed by atoms with Gasteiger partial charge in [-0.05, 0) is 47.1 Å². The Balaban J connectivity index is 2.37. The van der Waals surface area contributed by atoms with Crippen LogP contribution in [0.4, 0.5) is 11.6 Å². The number of nitrogens with two attached hydrogens (primary N) is 1. The minimum Gasteiger partial charge on any atom is -0.383 e. The Morgan fingerprint density at radius 3 is 2.68 bits per heavy atom. The van der Waals surface area contributed by atoms with Gasteiger partial charge in [-0.2, -0.15) is 0 Å². The van der Waals surface area contributed by atoms with Gasteiger partial charge >= 0.3 is 0 Å². The Labute approximate surface area is 119 Å². The average molecular weight is 343 g/mol. The average Bonchev–Trinajstić information content (AvgIpc) is 2.34. The Morgan fingerprint density at radius 2 is 2.05 bits per heavy atom. The molecule has 8 heteroatoms. The van der Waals surface area contributed by atoms with Crippen molar-refractivity contribution in [3.05, 3.63) is 40.6 Å². The zero-order valence-corrected chi connectivity index (χ0v) is 12.4. The van der Waals surface area contributed by atoms with Crippen molar-refractivity contribution in [2.75, 3.05) is 10.5 Å². The van der Waals surface area contributed by atoms with Crippen LogP contribution in [0.25, 0.3) is 0 Å². The topological polar surface area (TPSA) is 98.0 Å². The highest BCUT2D eigenvalue weighted by Crippen LogP contribution is 2.21. The van der Waals surface area contributed by atoms with Gasteiger partial charge in [0.2, 0.25) is 0 Å². The maximum Gasteiger partial charge on any atom is 0.266 e. The molecule has 0 saturated heterocycles. The molecule has 0 spiro atoms. The van der Waals surface area contributed by atoms with Crippen LogP contribution in [0.5, 0.6) is 0 Å². The highest BCUT2D eigenvalue weighted by Gasteiger charge is 2.18. The maximum atomic E-state index is 12.1. The van der Waals surface area contributed by atoms with Crippen LogP contribution < -0.4 is 10.5 Å². The molecule has 6 nitrogen and oxygen atoms in total. The fourth-order valence-corrected chi connectivity index (χ4v) is 2.73. The Bertz CT molecular complexity index is 718. The van der Waals surface area contributed by atoms with Gasteiger partial charge in [0.1, 0.15) is 16.5 Å². The number of nitrogen functional groups attached to an aromatic ring is 1. The van der Waals surface area contributed by atoms with Crippen LogP contribution in [0.3, 0.4) is 0 Å². The lowest BCUT2D eigenvalue weighted by molar-refractivity contribution is 0.601. The molecule has 0 amide bonds. The van der Waals surface area contributed by atoms with E-state index in [2.05, 4.69) is 30.6 Å².